The molecule has 1 amide bonds. The second-order valence-electron chi connectivity index (χ2n) is 5.49. The van der Waals surface area contributed by atoms with E-state index in [2.05, 4.69) is 36.7 Å². The molecule has 0 atom stereocenters. The van der Waals surface area contributed by atoms with Crippen molar-refractivity contribution >= 4 is 5.91 Å². The Kier molecular flexibility index (Phi) is 5.22. The van der Waals surface area contributed by atoms with E-state index in [1.165, 1.54) is 0 Å². The average Bonchev–Trinajstić information content (AvgIpc) is 2.97. The van der Waals surface area contributed by atoms with Crippen LogP contribution in [0.3, 0.4) is 0 Å². The third-order valence-electron chi connectivity index (χ3n) is 2.51. The first-order valence-electron chi connectivity index (χ1n) is 6.22. The lowest BCUT2D eigenvalue weighted by Gasteiger charge is -2.20. The van der Waals surface area contributed by atoms with Crippen LogP contribution in [0.15, 0.2) is 0 Å². The fourth-order valence-corrected chi connectivity index (χ4v) is 1.41. The van der Waals surface area contributed by atoms with Gasteiger partial charge in [0, 0.05) is 37.6 Å². The summed E-state index contributed by atoms with van der Waals surface area (Å²) in [6, 6.07) is 0. The zero-order valence-electron chi connectivity index (χ0n) is 10.7. The molecular weight excluding hydrogens is 202 g/mol. The number of rotatable bonds is 7. The molecule has 0 unspecified atom stereocenters. The molecule has 1 saturated carbocycles. The lowest BCUT2D eigenvalue weighted by Crippen LogP contribution is -2.41. The number of amides is 1. The highest BCUT2D eigenvalue weighted by atomic mass is 16.2. The quantitative estimate of drug-likeness (QED) is 0.555. The Balaban J connectivity index is 1.82. The number of hydrogen-bond donors (Lipinski definition) is 3. The van der Waals surface area contributed by atoms with Crippen molar-refractivity contribution in [2.75, 3.05) is 26.2 Å². The molecule has 1 aliphatic rings. The summed E-state index contributed by atoms with van der Waals surface area (Å²) in [5.41, 5.74) is 0.182. The van der Waals surface area contributed by atoms with Crippen LogP contribution in [-0.4, -0.2) is 37.6 Å². The second-order valence-corrected chi connectivity index (χ2v) is 5.49. The van der Waals surface area contributed by atoms with Gasteiger partial charge >= 0.3 is 0 Å². The minimum Gasteiger partial charge on any atom is -0.355 e. The van der Waals surface area contributed by atoms with E-state index in [-0.39, 0.29) is 11.4 Å². The molecule has 1 rings (SSSR count). The number of carbonyl (C=O) groups is 1. The Morgan fingerprint density at radius 1 is 1.12 bits per heavy atom. The molecule has 0 aromatic rings. The van der Waals surface area contributed by atoms with E-state index in [9.17, 15) is 4.79 Å². The summed E-state index contributed by atoms with van der Waals surface area (Å²) in [7, 11) is 0. The summed E-state index contributed by atoms with van der Waals surface area (Å²) in [5.74, 6) is 0.553. The van der Waals surface area contributed by atoms with E-state index in [1.807, 2.05) is 0 Å². The Labute approximate surface area is 98.6 Å². The lowest BCUT2D eigenvalue weighted by molar-refractivity contribution is -0.122. The lowest BCUT2D eigenvalue weighted by atomic mass is 10.1. The van der Waals surface area contributed by atoms with Gasteiger partial charge in [0.25, 0.3) is 0 Å². The molecule has 0 heterocycles. The second kappa shape index (κ2) is 6.21. The van der Waals surface area contributed by atoms with E-state index in [0.717, 1.165) is 39.0 Å². The normalized spacial score (nSPS) is 16.2. The third-order valence-corrected chi connectivity index (χ3v) is 2.51. The molecule has 0 aromatic carbocycles. The van der Waals surface area contributed by atoms with E-state index in [0.29, 0.717) is 5.92 Å². The predicted molar refractivity (Wildman–Crippen MR) is 66.4 cm³/mol. The van der Waals surface area contributed by atoms with E-state index >= 15 is 0 Å². The Bertz CT molecular complexity index is 219. The van der Waals surface area contributed by atoms with Gasteiger partial charge in [0.15, 0.2) is 0 Å². The van der Waals surface area contributed by atoms with Gasteiger partial charge in [-0.2, -0.15) is 0 Å². The molecule has 1 fully saturated rings. The molecule has 3 N–H and O–H groups in total. The first-order valence-corrected chi connectivity index (χ1v) is 6.22. The van der Waals surface area contributed by atoms with Gasteiger partial charge in [0.05, 0.1) is 0 Å². The van der Waals surface area contributed by atoms with Gasteiger partial charge in [-0.05, 0) is 33.6 Å². The summed E-state index contributed by atoms with van der Waals surface area (Å²) in [4.78, 5) is 11.3. The SMILES string of the molecule is CC(C)(C)NCCNCCNC(=O)C1CC1. The average molecular weight is 227 g/mol. The number of nitrogens with one attached hydrogen (secondary N) is 3. The summed E-state index contributed by atoms with van der Waals surface area (Å²) in [6.45, 7) is 9.96. The van der Waals surface area contributed by atoms with Crippen molar-refractivity contribution in [1.82, 2.24) is 16.0 Å². The molecule has 0 radical (unpaired) electrons. The fraction of sp³-hybridized carbons (Fsp3) is 0.917. The molecule has 0 bridgehead atoms. The molecule has 4 heteroatoms. The first-order chi connectivity index (χ1) is 7.49. The minimum absolute atomic E-state index is 0.182. The van der Waals surface area contributed by atoms with Crippen LogP contribution in [0, 0.1) is 5.92 Å². The number of carbonyl (C=O) groups excluding carboxylic acids is 1. The van der Waals surface area contributed by atoms with Gasteiger partial charge in [-0.3, -0.25) is 4.79 Å². The van der Waals surface area contributed by atoms with Crippen LogP contribution < -0.4 is 16.0 Å². The molecule has 0 saturated heterocycles. The summed E-state index contributed by atoms with van der Waals surface area (Å²) >= 11 is 0. The topological polar surface area (TPSA) is 53.2 Å². The zero-order valence-corrected chi connectivity index (χ0v) is 10.7. The third kappa shape index (κ3) is 6.80. The van der Waals surface area contributed by atoms with Gasteiger partial charge in [0.1, 0.15) is 0 Å². The van der Waals surface area contributed by atoms with Crippen molar-refractivity contribution in [3.05, 3.63) is 0 Å². The van der Waals surface area contributed by atoms with Gasteiger partial charge in [-0.15, -0.1) is 0 Å². The highest BCUT2D eigenvalue weighted by molar-refractivity contribution is 5.80. The maximum Gasteiger partial charge on any atom is 0.223 e. The van der Waals surface area contributed by atoms with Gasteiger partial charge in [-0.25, -0.2) is 0 Å². The molecule has 0 aliphatic heterocycles. The molecule has 94 valence electrons. The molecule has 1 aliphatic carbocycles. The van der Waals surface area contributed by atoms with Crippen LogP contribution in [0.4, 0.5) is 0 Å². The molecule has 16 heavy (non-hydrogen) atoms. The van der Waals surface area contributed by atoms with Crippen molar-refractivity contribution in [3.63, 3.8) is 0 Å². The van der Waals surface area contributed by atoms with Crippen LogP contribution in [0.5, 0.6) is 0 Å². The van der Waals surface area contributed by atoms with Crippen LogP contribution in [-0.2, 0) is 4.79 Å². The molecule has 0 spiro atoms. The van der Waals surface area contributed by atoms with Gasteiger partial charge < -0.3 is 16.0 Å². The van der Waals surface area contributed by atoms with E-state index < -0.39 is 0 Å². The van der Waals surface area contributed by atoms with Crippen LogP contribution >= 0.6 is 0 Å². The maximum atomic E-state index is 11.3. The van der Waals surface area contributed by atoms with Crippen molar-refractivity contribution in [1.29, 1.82) is 0 Å². The zero-order chi connectivity index (χ0) is 12.0. The van der Waals surface area contributed by atoms with E-state index in [4.69, 9.17) is 0 Å². The summed E-state index contributed by atoms with van der Waals surface area (Å²) < 4.78 is 0. The largest absolute Gasteiger partial charge is 0.355 e. The van der Waals surface area contributed by atoms with Gasteiger partial charge in [0.2, 0.25) is 5.91 Å². The van der Waals surface area contributed by atoms with Crippen molar-refractivity contribution < 1.29 is 4.79 Å². The minimum atomic E-state index is 0.182. The monoisotopic (exact) mass is 227 g/mol. The van der Waals surface area contributed by atoms with Gasteiger partial charge in [-0.1, -0.05) is 0 Å². The Hall–Kier alpha value is -0.610. The molecular formula is C12H25N3O. The number of hydrogen-bond acceptors (Lipinski definition) is 3. The summed E-state index contributed by atoms with van der Waals surface area (Å²) in [6.07, 6.45) is 2.16. The van der Waals surface area contributed by atoms with Crippen LogP contribution in [0.2, 0.25) is 0 Å². The molecule has 4 nitrogen and oxygen atoms in total. The van der Waals surface area contributed by atoms with E-state index in [1.54, 1.807) is 0 Å². The highest BCUT2D eigenvalue weighted by Crippen LogP contribution is 2.28. The highest BCUT2D eigenvalue weighted by Gasteiger charge is 2.28. The van der Waals surface area contributed by atoms with Crippen molar-refractivity contribution in [3.8, 4) is 0 Å². The maximum absolute atomic E-state index is 11.3. The molecule has 0 aromatic heterocycles. The standard InChI is InChI=1S/C12H25N3O/c1-12(2,3)15-9-7-13-6-8-14-11(16)10-4-5-10/h10,13,15H,4-9H2,1-3H3,(H,14,16). The Morgan fingerprint density at radius 2 is 1.75 bits per heavy atom. The Morgan fingerprint density at radius 3 is 2.31 bits per heavy atom. The summed E-state index contributed by atoms with van der Waals surface area (Å²) in [5, 5.41) is 9.63. The smallest absolute Gasteiger partial charge is 0.223 e. The predicted octanol–water partition coefficient (Wildman–Crippen LogP) is 0.490. The first kappa shape index (κ1) is 13.5. The fourth-order valence-electron chi connectivity index (χ4n) is 1.41. The van der Waals surface area contributed by atoms with Crippen LogP contribution in [0.25, 0.3) is 0 Å². The van der Waals surface area contributed by atoms with Crippen molar-refractivity contribution in [2.45, 2.75) is 39.2 Å². The van der Waals surface area contributed by atoms with Crippen LogP contribution in [0.1, 0.15) is 33.6 Å². The van der Waals surface area contributed by atoms with Crippen molar-refractivity contribution in [2.24, 2.45) is 5.92 Å².